The largest absolute Gasteiger partial charge is 0.440 e. The summed E-state index contributed by atoms with van der Waals surface area (Å²) in [4.78, 5) is 9.77. The molecule has 5 heteroatoms. The minimum absolute atomic E-state index is 0.244. The molecule has 2 N–H and O–H groups in total. The smallest absolute Gasteiger partial charge is 0.283 e. The minimum atomic E-state index is -1.35. The molecule has 4 nitrogen and oxygen atoms in total. The second kappa shape index (κ2) is 4.49. The first-order chi connectivity index (χ1) is 4.26. The highest BCUT2D eigenvalue weighted by Crippen LogP contribution is 1.92. The summed E-state index contributed by atoms with van der Waals surface area (Å²) >= 11 is 0. The van der Waals surface area contributed by atoms with Crippen LogP contribution in [-0.4, -0.2) is 43.4 Å². The Morgan fingerprint density at radius 1 is 1.78 bits per heavy atom. The second-order valence-corrected chi connectivity index (χ2v) is 1.48. The number of rotatable bonds is 4. The van der Waals surface area contributed by atoms with E-state index in [1.54, 1.807) is 0 Å². The molecule has 2 radical (unpaired) electrons. The average Bonchev–Trinajstić information content (AvgIpc) is 1.90. The first-order valence-corrected chi connectivity index (χ1v) is 2.36. The molecule has 50 valence electrons. The van der Waals surface area contributed by atoms with Crippen LogP contribution in [0.25, 0.3) is 0 Å². The van der Waals surface area contributed by atoms with Gasteiger partial charge in [0, 0.05) is 0 Å². The van der Waals surface area contributed by atoms with E-state index in [1.807, 2.05) is 0 Å². The fraction of sp³-hybridized carbons (Fsp3) is 0.750. The van der Waals surface area contributed by atoms with E-state index in [-0.39, 0.29) is 6.29 Å². The van der Waals surface area contributed by atoms with Crippen molar-refractivity contribution in [2.45, 2.75) is 12.2 Å². The first-order valence-electron chi connectivity index (χ1n) is 2.36. The molecule has 0 aromatic rings. The van der Waals surface area contributed by atoms with Gasteiger partial charge in [-0.3, -0.25) is 0 Å². The number of carbonyl (C=O) groups is 1. The van der Waals surface area contributed by atoms with Crippen molar-refractivity contribution in [3.63, 3.8) is 0 Å². The molecular formula is C4H7BO4. The molecule has 1 unspecified atom stereocenters. The van der Waals surface area contributed by atoms with Gasteiger partial charge in [-0.15, -0.1) is 0 Å². The van der Waals surface area contributed by atoms with Crippen LogP contribution >= 0.6 is 0 Å². The molecule has 0 spiro atoms. The lowest BCUT2D eigenvalue weighted by atomic mass is 10.2. The number of aldehydes is 1. The molecular weight excluding hydrogens is 123 g/mol. The number of hydrogen-bond donors (Lipinski definition) is 2. The van der Waals surface area contributed by atoms with E-state index in [9.17, 15) is 4.79 Å². The summed E-state index contributed by atoms with van der Waals surface area (Å²) in [5.74, 6) is 0. The van der Waals surface area contributed by atoms with Crippen LogP contribution in [0.15, 0.2) is 0 Å². The normalized spacial score (nSPS) is 16.7. The van der Waals surface area contributed by atoms with E-state index in [0.717, 1.165) is 0 Å². The molecule has 0 aromatic heterocycles. The van der Waals surface area contributed by atoms with Crippen LogP contribution in [0.1, 0.15) is 0 Å². The zero-order chi connectivity index (χ0) is 7.28. The molecule has 0 aliphatic heterocycles. The molecule has 0 amide bonds. The highest BCUT2D eigenvalue weighted by molar-refractivity contribution is 5.98. The van der Waals surface area contributed by atoms with E-state index in [4.69, 9.17) is 10.2 Å². The van der Waals surface area contributed by atoms with Crippen molar-refractivity contribution in [1.82, 2.24) is 0 Å². The van der Waals surface area contributed by atoms with Gasteiger partial charge in [-0.2, -0.15) is 0 Å². The van der Waals surface area contributed by atoms with Gasteiger partial charge in [0.05, 0.1) is 12.7 Å². The van der Waals surface area contributed by atoms with Crippen molar-refractivity contribution in [3.8, 4) is 0 Å². The highest BCUT2D eigenvalue weighted by Gasteiger charge is 2.14. The molecule has 0 fully saturated rings. The van der Waals surface area contributed by atoms with Gasteiger partial charge in [-0.1, -0.05) is 0 Å². The molecule has 2 atom stereocenters. The lowest BCUT2D eigenvalue weighted by Crippen LogP contribution is -2.32. The molecule has 0 saturated carbocycles. The summed E-state index contributed by atoms with van der Waals surface area (Å²) in [6, 6.07) is 0. The zero-order valence-electron chi connectivity index (χ0n) is 4.73. The lowest BCUT2D eigenvalue weighted by molar-refractivity contribution is -0.120. The fourth-order valence-corrected chi connectivity index (χ4v) is 0.319. The molecule has 0 aromatic carbocycles. The fourth-order valence-electron chi connectivity index (χ4n) is 0.319. The summed E-state index contributed by atoms with van der Waals surface area (Å²) in [5, 5.41) is 16.9. The third kappa shape index (κ3) is 2.60. The Balaban J connectivity index is 3.63. The second-order valence-electron chi connectivity index (χ2n) is 1.48. The predicted octanol–water partition coefficient (Wildman–Crippen LogP) is -1.99. The monoisotopic (exact) mass is 130 g/mol. The topological polar surface area (TPSA) is 66.8 Å². The minimum Gasteiger partial charge on any atom is -0.440 e. The first kappa shape index (κ1) is 8.61. The van der Waals surface area contributed by atoms with Crippen molar-refractivity contribution >= 4 is 14.3 Å². The maximum absolute atomic E-state index is 9.77. The molecule has 0 aliphatic carbocycles. The van der Waals surface area contributed by atoms with Crippen LogP contribution in [0.2, 0.25) is 0 Å². The average molecular weight is 130 g/mol. The van der Waals surface area contributed by atoms with Crippen LogP contribution in [0, 0.1) is 0 Å². The Morgan fingerprint density at radius 2 is 2.33 bits per heavy atom. The van der Waals surface area contributed by atoms with E-state index in [1.165, 1.54) is 0 Å². The van der Waals surface area contributed by atoms with Gasteiger partial charge in [0.2, 0.25) is 0 Å². The van der Waals surface area contributed by atoms with Gasteiger partial charge in [-0.25, -0.2) is 0 Å². The quantitative estimate of drug-likeness (QED) is 0.341. The summed E-state index contributed by atoms with van der Waals surface area (Å²) in [5.41, 5.74) is 0. The molecule has 9 heavy (non-hydrogen) atoms. The van der Waals surface area contributed by atoms with Gasteiger partial charge in [0.15, 0.2) is 6.29 Å². The maximum atomic E-state index is 9.77. The SMILES string of the molecule is [B]O[C@H](CO)C(O)C=O. The van der Waals surface area contributed by atoms with E-state index < -0.39 is 18.8 Å². The summed E-state index contributed by atoms with van der Waals surface area (Å²) in [6.07, 6.45) is -2.12. The summed E-state index contributed by atoms with van der Waals surface area (Å²) in [6.45, 7) is -0.476. The Hall–Kier alpha value is -0.385. The van der Waals surface area contributed by atoms with Gasteiger partial charge < -0.3 is 19.7 Å². The maximum Gasteiger partial charge on any atom is 0.283 e. The zero-order valence-corrected chi connectivity index (χ0v) is 4.73. The molecule has 0 rings (SSSR count). The molecule has 0 bridgehead atoms. The van der Waals surface area contributed by atoms with Crippen molar-refractivity contribution < 1.29 is 19.7 Å². The van der Waals surface area contributed by atoms with Gasteiger partial charge >= 0.3 is 0 Å². The number of carbonyl (C=O) groups excluding carboxylic acids is 1. The summed E-state index contributed by atoms with van der Waals surface area (Å²) < 4.78 is 4.02. The predicted molar refractivity (Wildman–Crippen MR) is 29.8 cm³/mol. The van der Waals surface area contributed by atoms with Crippen molar-refractivity contribution in [3.05, 3.63) is 0 Å². The Labute approximate surface area is 53.9 Å². The standard InChI is InChI=1S/C4H7BO4/c5-9-4(2-7)3(8)1-6/h1,3-4,7-8H,2H2/t3?,4-/m1/s1. The van der Waals surface area contributed by atoms with Crippen LogP contribution in [0.3, 0.4) is 0 Å². The van der Waals surface area contributed by atoms with E-state index >= 15 is 0 Å². The van der Waals surface area contributed by atoms with Gasteiger partial charge in [0.1, 0.15) is 6.10 Å². The molecule has 0 aliphatic rings. The van der Waals surface area contributed by atoms with E-state index in [2.05, 4.69) is 12.7 Å². The molecule has 0 heterocycles. The van der Waals surface area contributed by atoms with Crippen LogP contribution < -0.4 is 0 Å². The number of hydrogen-bond acceptors (Lipinski definition) is 4. The number of aliphatic hydroxyl groups is 2. The van der Waals surface area contributed by atoms with Gasteiger partial charge in [-0.05, 0) is 0 Å². The lowest BCUT2D eigenvalue weighted by Gasteiger charge is -2.13. The van der Waals surface area contributed by atoms with Crippen LogP contribution in [0.5, 0.6) is 0 Å². The molecule has 0 saturated heterocycles. The Kier molecular flexibility index (Phi) is 4.30. The van der Waals surface area contributed by atoms with Gasteiger partial charge in [0.25, 0.3) is 8.05 Å². The van der Waals surface area contributed by atoms with Crippen molar-refractivity contribution in [1.29, 1.82) is 0 Å². The third-order valence-corrected chi connectivity index (χ3v) is 0.875. The Morgan fingerprint density at radius 3 is 2.44 bits per heavy atom. The number of aliphatic hydroxyl groups excluding tert-OH is 2. The Bertz CT molecular complexity index is 82.6. The van der Waals surface area contributed by atoms with Crippen molar-refractivity contribution in [2.75, 3.05) is 6.61 Å². The van der Waals surface area contributed by atoms with Crippen LogP contribution in [-0.2, 0) is 9.45 Å². The highest BCUT2D eigenvalue weighted by atomic mass is 16.5. The summed E-state index contributed by atoms with van der Waals surface area (Å²) in [7, 11) is 4.58. The van der Waals surface area contributed by atoms with Crippen LogP contribution in [0.4, 0.5) is 0 Å². The van der Waals surface area contributed by atoms with E-state index in [0.29, 0.717) is 0 Å². The third-order valence-electron chi connectivity index (χ3n) is 0.875. The van der Waals surface area contributed by atoms with Crippen molar-refractivity contribution in [2.24, 2.45) is 0 Å².